The van der Waals surface area contributed by atoms with Crippen LogP contribution in [0.15, 0.2) is 0 Å². The number of rotatable bonds is 14. The van der Waals surface area contributed by atoms with Crippen molar-refractivity contribution in [2.75, 3.05) is 6.61 Å². The molecule has 0 aliphatic heterocycles. The highest BCUT2D eigenvalue weighted by molar-refractivity contribution is 6.74. The molecule has 0 fully saturated rings. The molecule has 1 atom stereocenters. The summed E-state index contributed by atoms with van der Waals surface area (Å²) in [5, 5.41) is 0.337. The zero-order valence-electron chi connectivity index (χ0n) is 17.5. The Morgan fingerprint density at radius 1 is 0.783 bits per heavy atom. The molecule has 1 nitrogen and oxygen atoms in total. The smallest absolute Gasteiger partial charge is 0.191 e. The first kappa shape index (κ1) is 23.2. The Labute approximate surface area is 149 Å². The summed E-state index contributed by atoms with van der Waals surface area (Å²) in [7, 11) is -1.55. The fraction of sp³-hybridized carbons (Fsp3) is 1.00. The molecule has 2 heteroatoms. The molecule has 0 N–H and O–H groups in total. The molecule has 23 heavy (non-hydrogen) atoms. The normalized spacial score (nSPS) is 14.2. The molecule has 140 valence electrons. The lowest BCUT2D eigenvalue weighted by Gasteiger charge is -2.37. The topological polar surface area (TPSA) is 9.23 Å². The minimum Gasteiger partial charge on any atom is -0.417 e. The van der Waals surface area contributed by atoms with E-state index >= 15 is 0 Å². The summed E-state index contributed by atoms with van der Waals surface area (Å²) in [6, 6.07) is 0. The van der Waals surface area contributed by atoms with E-state index in [4.69, 9.17) is 4.43 Å². The van der Waals surface area contributed by atoms with Crippen LogP contribution in [0.5, 0.6) is 0 Å². The third kappa shape index (κ3) is 12.2. The summed E-state index contributed by atoms with van der Waals surface area (Å²) in [4.78, 5) is 0. The van der Waals surface area contributed by atoms with Crippen LogP contribution in [0.25, 0.3) is 0 Å². The van der Waals surface area contributed by atoms with E-state index in [9.17, 15) is 0 Å². The molecule has 0 bridgehead atoms. The van der Waals surface area contributed by atoms with Gasteiger partial charge in [-0.2, -0.15) is 0 Å². The van der Waals surface area contributed by atoms with Crippen molar-refractivity contribution in [2.45, 2.75) is 123 Å². The fourth-order valence-corrected chi connectivity index (χ4v) is 3.76. The van der Waals surface area contributed by atoms with Gasteiger partial charge in [0, 0.05) is 6.61 Å². The summed E-state index contributed by atoms with van der Waals surface area (Å²) >= 11 is 0. The predicted octanol–water partition coefficient (Wildman–Crippen LogP) is 7.96. The molecular formula is C21H46OSi. The molecular weight excluding hydrogens is 296 g/mol. The maximum Gasteiger partial charge on any atom is 0.191 e. The van der Waals surface area contributed by atoms with Gasteiger partial charge in [0.2, 0.25) is 0 Å². The van der Waals surface area contributed by atoms with Crippen LogP contribution in [0, 0.1) is 5.92 Å². The van der Waals surface area contributed by atoms with E-state index < -0.39 is 8.32 Å². The van der Waals surface area contributed by atoms with Crippen molar-refractivity contribution in [1.82, 2.24) is 0 Å². The van der Waals surface area contributed by atoms with Gasteiger partial charge in [-0.3, -0.25) is 0 Å². The van der Waals surface area contributed by atoms with Crippen molar-refractivity contribution in [2.24, 2.45) is 5.92 Å². The molecule has 0 saturated heterocycles. The lowest BCUT2D eigenvalue weighted by molar-refractivity contribution is 0.228. The Bertz CT molecular complexity index is 268. The maximum absolute atomic E-state index is 6.34. The van der Waals surface area contributed by atoms with Gasteiger partial charge in [0.25, 0.3) is 0 Å². The first-order valence-electron chi connectivity index (χ1n) is 10.3. The minimum atomic E-state index is -1.55. The largest absolute Gasteiger partial charge is 0.417 e. The number of unbranched alkanes of at least 4 members (excludes halogenated alkanes) is 9. The fourth-order valence-electron chi connectivity index (χ4n) is 2.63. The second kappa shape index (κ2) is 12.5. The van der Waals surface area contributed by atoms with Crippen LogP contribution >= 0.6 is 0 Å². The van der Waals surface area contributed by atoms with E-state index in [2.05, 4.69) is 47.7 Å². The van der Waals surface area contributed by atoms with Gasteiger partial charge >= 0.3 is 0 Å². The first-order chi connectivity index (χ1) is 10.7. The zero-order valence-corrected chi connectivity index (χ0v) is 18.5. The van der Waals surface area contributed by atoms with Crippen molar-refractivity contribution in [3.8, 4) is 0 Å². The van der Waals surface area contributed by atoms with E-state index in [1.807, 2.05) is 0 Å². The first-order valence-corrected chi connectivity index (χ1v) is 13.3. The lowest BCUT2D eigenvalue weighted by Crippen LogP contribution is -2.41. The highest BCUT2D eigenvalue weighted by Gasteiger charge is 2.37. The Kier molecular flexibility index (Phi) is 12.6. The van der Waals surface area contributed by atoms with Gasteiger partial charge in [0.1, 0.15) is 0 Å². The average Bonchev–Trinajstić information content (AvgIpc) is 2.46. The Balaban J connectivity index is 3.49. The molecule has 0 spiro atoms. The van der Waals surface area contributed by atoms with Gasteiger partial charge in [0.15, 0.2) is 8.32 Å². The van der Waals surface area contributed by atoms with Crippen molar-refractivity contribution in [3.63, 3.8) is 0 Å². The molecule has 0 aromatic rings. The van der Waals surface area contributed by atoms with Crippen LogP contribution in [0.2, 0.25) is 18.1 Å². The molecule has 1 unspecified atom stereocenters. The Morgan fingerprint density at radius 3 is 1.65 bits per heavy atom. The van der Waals surface area contributed by atoms with Crippen LogP contribution in [0.1, 0.15) is 105 Å². The standard InChI is InChI=1S/C21H46OSi/c1-8-9-10-11-12-13-14-15-16-17-18-20(2)19-22-23(6,7)21(3,4)5/h20H,8-19H2,1-7H3. The van der Waals surface area contributed by atoms with Crippen LogP contribution in [-0.4, -0.2) is 14.9 Å². The Morgan fingerprint density at radius 2 is 1.22 bits per heavy atom. The summed E-state index contributed by atoms with van der Waals surface area (Å²) in [5.41, 5.74) is 0. The van der Waals surface area contributed by atoms with Crippen molar-refractivity contribution < 1.29 is 4.43 Å². The summed E-state index contributed by atoms with van der Waals surface area (Å²) in [5.74, 6) is 0.721. The molecule has 0 aromatic carbocycles. The quantitative estimate of drug-likeness (QED) is 0.230. The second-order valence-electron chi connectivity index (χ2n) is 9.15. The van der Waals surface area contributed by atoms with Gasteiger partial charge < -0.3 is 4.43 Å². The van der Waals surface area contributed by atoms with E-state index in [0.717, 1.165) is 12.5 Å². The van der Waals surface area contributed by atoms with Gasteiger partial charge in [-0.05, 0) is 30.5 Å². The van der Waals surface area contributed by atoms with Gasteiger partial charge in [-0.25, -0.2) is 0 Å². The average molecular weight is 343 g/mol. The van der Waals surface area contributed by atoms with Gasteiger partial charge in [-0.1, -0.05) is 98.8 Å². The molecule has 0 aromatic heterocycles. The van der Waals surface area contributed by atoms with Crippen molar-refractivity contribution >= 4 is 8.32 Å². The molecule has 0 aliphatic carbocycles. The molecule has 0 rings (SSSR count). The van der Waals surface area contributed by atoms with E-state index in [1.54, 1.807) is 0 Å². The zero-order chi connectivity index (χ0) is 17.8. The molecule has 0 heterocycles. The van der Waals surface area contributed by atoms with Gasteiger partial charge in [-0.15, -0.1) is 0 Å². The van der Waals surface area contributed by atoms with E-state index in [0.29, 0.717) is 5.04 Å². The van der Waals surface area contributed by atoms with Gasteiger partial charge in [0.05, 0.1) is 0 Å². The predicted molar refractivity (Wildman–Crippen MR) is 109 cm³/mol. The summed E-state index contributed by atoms with van der Waals surface area (Å²) < 4.78 is 6.34. The third-order valence-corrected chi connectivity index (χ3v) is 10.1. The summed E-state index contributed by atoms with van der Waals surface area (Å²) in [6.07, 6.45) is 15.6. The molecule has 0 saturated carbocycles. The Hall–Kier alpha value is 0.177. The van der Waals surface area contributed by atoms with Crippen LogP contribution in [0.3, 0.4) is 0 Å². The molecule has 0 aliphatic rings. The molecule has 0 amide bonds. The third-order valence-electron chi connectivity index (χ3n) is 5.59. The SMILES string of the molecule is CCCCCCCCCCCCC(C)CO[Si](C)(C)C(C)(C)C. The second-order valence-corrected chi connectivity index (χ2v) is 14.0. The van der Waals surface area contributed by atoms with E-state index in [1.165, 1.54) is 70.6 Å². The number of hydrogen-bond acceptors (Lipinski definition) is 1. The molecule has 0 radical (unpaired) electrons. The lowest BCUT2D eigenvalue weighted by atomic mass is 10.0. The van der Waals surface area contributed by atoms with Crippen molar-refractivity contribution in [1.29, 1.82) is 0 Å². The summed E-state index contributed by atoms with van der Waals surface area (Å²) in [6.45, 7) is 17.3. The number of hydrogen-bond donors (Lipinski definition) is 0. The van der Waals surface area contributed by atoms with Crippen LogP contribution in [-0.2, 0) is 4.43 Å². The highest BCUT2D eigenvalue weighted by atomic mass is 28.4. The van der Waals surface area contributed by atoms with E-state index in [-0.39, 0.29) is 0 Å². The van der Waals surface area contributed by atoms with Crippen LogP contribution in [0.4, 0.5) is 0 Å². The maximum atomic E-state index is 6.34. The van der Waals surface area contributed by atoms with Crippen LogP contribution < -0.4 is 0 Å². The minimum absolute atomic E-state index is 0.337. The van der Waals surface area contributed by atoms with Crippen molar-refractivity contribution in [3.05, 3.63) is 0 Å². The highest BCUT2D eigenvalue weighted by Crippen LogP contribution is 2.36. The monoisotopic (exact) mass is 342 g/mol.